The summed E-state index contributed by atoms with van der Waals surface area (Å²) in [5, 5.41) is 3.98. The molecule has 0 spiro atoms. The number of nitrogens with zero attached hydrogens (tertiary/aromatic N) is 2. The topological polar surface area (TPSA) is 127 Å². The highest BCUT2D eigenvalue weighted by molar-refractivity contribution is 7.92. The summed E-state index contributed by atoms with van der Waals surface area (Å²) in [5.41, 5.74) is -0.430. The minimum Gasteiger partial charge on any atom is -0.363 e. The Balaban J connectivity index is 1.63. The average Bonchev–Trinajstić information content (AvgIpc) is 3.32. The Hall–Kier alpha value is -4.22. The van der Waals surface area contributed by atoms with Gasteiger partial charge in [0.15, 0.2) is 5.82 Å². The molecule has 0 aliphatic rings. The molecule has 0 atom stereocenters. The second kappa shape index (κ2) is 8.53. The van der Waals surface area contributed by atoms with E-state index in [2.05, 4.69) is 19.4 Å². The Kier molecular flexibility index (Phi) is 5.50. The molecule has 3 aromatic heterocycles. The number of anilines is 1. The second-order valence-corrected chi connectivity index (χ2v) is 9.52. The fraction of sp³-hybridized carbons (Fsp3) is 0. The standard InChI is InChI=1S/C23H14ClFN4O5S/c24-17-12-19(23(31)26-22(17)14-2-1-3-15(25)10-14)29-18-6-5-16(11-13(18)4-7-21(29)30)35(32,33)28-20-8-9-34-27-20/h1-12H,(H,26,31)(H,27,28). The van der Waals surface area contributed by atoms with Crippen LogP contribution in [0.2, 0.25) is 5.02 Å². The van der Waals surface area contributed by atoms with Crippen molar-refractivity contribution in [2.75, 3.05) is 4.72 Å². The number of H-pyrrole nitrogens is 1. The van der Waals surface area contributed by atoms with Crippen LogP contribution in [0.4, 0.5) is 10.2 Å². The van der Waals surface area contributed by atoms with E-state index in [1.807, 2.05) is 0 Å². The summed E-state index contributed by atoms with van der Waals surface area (Å²) in [6, 6.07) is 14.9. The number of nitrogens with one attached hydrogen (secondary N) is 2. The van der Waals surface area contributed by atoms with E-state index in [0.717, 1.165) is 4.57 Å². The van der Waals surface area contributed by atoms with E-state index in [0.29, 0.717) is 10.9 Å². The Morgan fingerprint density at radius 2 is 1.86 bits per heavy atom. The van der Waals surface area contributed by atoms with Crippen LogP contribution in [0.15, 0.2) is 92.0 Å². The minimum absolute atomic E-state index is 0.00892. The number of aromatic nitrogens is 3. The lowest BCUT2D eigenvalue weighted by atomic mass is 10.1. The van der Waals surface area contributed by atoms with Crippen molar-refractivity contribution in [3.8, 4) is 16.9 Å². The van der Waals surface area contributed by atoms with Crippen LogP contribution in [-0.4, -0.2) is 23.1 Å². The maximum Gasteiger partial charge on any atom is 0.272 e. The third-order valence-electron chi connectivity index (χ3n) is 5.18. The van der Waals surface area contributed by atoms with Crippen molar-refractivity contribution in [3.05, 3.63) is 105 Å². The SMILES string of the molecule is O=c1[nH]c(-c2cccc(F)c2)c(Cl)cc1-n1c(=O)ccc2cc(S(=O)(=O)Nc3ccon3)ccc21. The second-order valence-electron chi connectivity index (χ2n) is 7.43. The molecular weight excluding hydrogens is 499 g/mol. The van der Waals surface area contributed by atoms with Gasteiger partial charge in [0.25, 0.3) is 21.1 Å². The zero-order valence-corrected chi connectivity index (χ0v) is 19.1. The van der Waals surface area contributed by atoms with Crippen molar-refractivity contribution in [2.45, 2.75) is 4.90 Å². The smallest absolute Gasteiger partial charge is 0.272 e. The number of hydrogen-bond acceptors (Lipinski definition) is 6. The van der Waals surface area contributed by atoms with Crippen LogP contribution in [0.5, 0.6) is 0 Å². The van der Waals surface area contributed by atoms with Gasteiger partial charge in [0, 0.05) is 23.1 Å². The lowest BCUT2D eigenvalue weighted by Gasteiger charge is -2.13. The van der Waals surface area contributed by atoms with E-state index in [-0.39, 0.29) is 32.6 Å². The van der Waals surface area contributed by atoms with Crippen molar-refractivity contribution < 1.29 is 17.3 Å². The van der Waals surface area contributed by atoms with Gasteiger partial charge in [-0.05, 0) is 42.5 Å². The van der Waals surface area contributed by atoms with Gasteiger partial charge in [-0.2, -0.15) is 0 Å². The van der Waals surface area contributed by atoms with Crippen LogP contribution in [0.3, 0.4) is 0 Å². The first-order chi connectivity index (χ1) is 16.7. The molecule has 2 aromatic carbocycles. The first-order valence-electron chi connectivity index (χ1n) is 10.0. The summed E-state index contributed by atoms with van der Waals surface area (Å²) in [7, 11) is -4.00. The molecule has 176 valence electrons. The Morgan fingerprint density at radius 3 is 2.60 bits per heavy atom. The third-order valence-corrected chi connectivity index (χ3v) is 6.83. The lowest BCUT2D eigenvalue weighted by molar-refractivity contribution is 0.423. The number of pyridine rings is 2. The first-order valence-corrected chi connectivity index (χ1v) is 11.9. The number of halogens is 2. The monoisotopic (exact) mass is 512 g/mol. The fourth-order valence-electron chi connectivity index (χ4n) is 3.62. The summed E-state index contributed by atoms with van der Waals surface area (Å²) >= 11 is 6.39. The quantitative estimate of drug-likeness (QED) is 0.367. The first kappa shape index (κ1) is 22.6. The molecule has 0 amide bonds. The van der Waals surface area contributed by atoms with E-state index >= 15 is 0 Å². The maximum absolute atomic E-state index is 13.6. The zero-order chi connectivity index (χ0) is 24.7. The van der Waals surface area contributed by atoms with Gasteiger partial charge in [-0.3, -0.25) is 18.9 Å². The van der Waals surface area contributed by atoms with E-state index in [4.69, 9.17) is 11.6 Å². The van der Waals surface area contributed by atoms with E-state index in [1.54, 1.807) is 6.07 Å². The van der Waals surface area contributed by atoms with E-state index in [9.17, 15) is 22.4 Å². The molecule has 3 heterocycles. The summed E-state index contributed by atoms with van der Waals surface area (Å²) in [6.45, 7) is 0. The number of hydrogen-bond donors (Lipinski definition) is 2. The van der Waals surface area contributed by atoms with Gasteiger partial charge < -0.3 is 9.51 Å². The Morgan fingerprint density at radius 1 is 1.03 bits per heavy atom. The summed E-state index contributed by atoms with van der Waals surface area (Å²) in [5.74, 6) is -0.493. The van der Waals surface area contributed by atoms with Gasteiger partial charge in [0.2, 0.25) is 0 Å². The molecule has 5 aromatic rings. The van der Waals surface area contributed by atoms with Crippen molar-refractivity contribution in [1.29, 1.82) is 0 Å². The number of fused-ring (bicyclic) bond motifs is 1. The van der Waals surface area contributed by atoms with Crippen LogP contribution in [-0.2, 0) is 10.0 Å². The number of aromatic amines is 1. The highest BCUT2D eigenvalue weighted by atomic mass is 35.5. The maximum atomic E-state index is 13.6. The van der Waals surface area contributed by atoms with Crippen molar-refractivity contribution in [3.63, 3.8) is 0 Å². The molecule has 0 aliphatic carbocycles. The largest absolute Gasteiger partial charge is 0.363 e. The van der Waals surface area contributed by atoms with Crippen molar-refractivity contribution in [2.24, 2.45) is 0 Å². The number of benzene rings is 2. The Bertz CT molecular complexity index is 1810. The van der Waals surface area contributed by atoms with Gasteiger partial charge in [-0.1, -0.05) is 28.9 Å². The van der Waals surface area contributed by atoms with Crippen LogP contribution < -0.4 is 15.8 Å². The molecule has 0 aliphatic heterocycles. The zero-order valence-electron chi connectivity index (χ0n) is 17.5. The molecule has 0 saturated carbocycles. The van der Waals surface area contributed by atoms with Crippen LogP contribution >= 0.6 is 11.6 Å². The molecule has 0 unspecified atom stereocenters. The molecular formula is C23H14ClFN4O5S. The van der Waals surface area contributed by atoms with Gasteiger partial charge in [0.1, 0.15) is 17.8 Å². The molecule has 9 nitrogen and oxygen atoms in total. The highest BCUT2D eigenvalue weighted by Gasteiger charge is 2.19. The van der Waals surface area contributed by atoms with Gasteiger partial charge in [-0.25, -0.2) is 12.8 Å². The van der Waals surface area contributed by atoms with Crippen molar-refractivity contribution >= 4 is 38.3 Å². The molecule has 0 saturated heterocycles. The van der Waals surface area contributed by atoms with E-state index in [1.165, 1.54) is 66.9 Å². The predicted molar refractivity (Wildman–Crippen MR) is 128 cm³/mol. The fourth-order valence-corrected chi connectivity index (χ4v) is 4.90. The van der Waals surface area contributed by atoms with Crippen LogP contribution in [0, 0.1) is 5.82 Å². The normalized spacial score (nSPS) is 11.6. The highest BCUT2D eigenvalue weighted by Crippen LogP contribution is 2.27. The molecule has 0 radical (unpaired) electrons. The minimum atomic E-state index is -4.00. The van der Waals surface area contributed by atoms with Crippen molar-refractivity contribution in [1.82, 2.24) is 14.7 Å². The molecule has 0 fully saturated rings. The number of sulfonamides is 1. The van der Waals surface area contributed by atoms with E-state index < -0.39 is 27.0 Å². The summed E-state index contributed by atoms with van der Waals surface area (Å²) < 4.78 is 47.1. The Labute approximate surface area is 201 Å². The van der Waals surface area contributed by atoms with Crippen LogP contribution in [0.1, 0.15) is 0 Å². The van der Waals surface area contributed by atoms with Gasteiger partial charge >= 0.3 is 0 Å². The van der Waals surface area contributed by atoms with Crippen LogP contribution in [0.25, 0.3) is 27.8 Å². The molecule has 5 rings (SSSR count). The lowest BCUT2D eigenvalue weighted by Crippen LogP contribution is -2.25. The molecule has 2 N–H and O–H groups in total. The van der Waals surface area contributed by atoms with Gasteiger partial charge in [-0.15, -0.1) is 0 Å². The predicted octanol–water partition coefficient (Wildman–Crippen LogP) is 3.93. The third kappa shape index (κ3) is 4.22. The molecule has 0 bridgehead atoms. The molecule has 12 heteroatoms. The summed E-state index contributed by atoms with van der Waals surface area (Å²) in [4.78, 5) is 28.2. The number of rotatable bonds is 5. The summed E-state index contributed by atoms with van der Waals surface area (Å²) in [6.07, 6.45) is 1.22. The average molecular weight is 513 g/mol. The van der Waals surface area contributed by atoms with Gasteiger partial charge in [0.05, 0.1) is 21.1 Å². The molecule has 35 heavy (non-hydrogen) atoms.